The number of alkyl halides is 3. The summed E-state index contributed by atoms with van der Waals surface area (Å²) in [6, 6.07) is 4.26. The first kappa shape index (κ1) is 11.3. The van der Waals surface area contributed by atoms with Gasteiger partial charge in [0.1, 0.15) is 11.3 Å². The summed E-state index contributed by atoms with van der Waals surface area (Å²) in [4.78, 5) is 0. The summed E-state index contributed by atoms with van der Waals surface area (Å²) >= 11 is 0. The molecule has 2 N–H and O–H groups in total. The van der Waals surface area contributed by atoms with Crippen LogP contribution in [0, 0.1) is 0 Å². The smallest absolute Gasteiger partial charge is 0.420 e. The van der Waals surface area contributed by atoms with E-state index in [1.165, 1.54) is 18.2 Å². The SMILES string of the molecule is NCc1cccc(OC2CC2)c1C(F)(F)F. The van der Waals surface area contributed by atoms with Crippen molar-refractivity contribution in [1.29, 1.82) is 0 Å². The Morgan fingerprint density at radius 2 is 2.00 bits per heavy atom. The molecule has 1 aromatic carbocycles. The van der Waals surface area contributed by atoms with Crippen LogP contribution >= 0.6 is 0 Å². The highest BCUT2D eigenvalue weighted by Gasteiger charge is 2.38. The fraction of sp³-hybridized carbons (Fsp3) is 0.455. The molecule has 1 aliphatic rings. The third-order valence-electron chi connectivity index (χ3n) is 2.43. The molecular formula is C11H12F3NO. The summed E-state index contributed by atoms with van der Waals surface area (Å²) in [7, 11) is 0. The average Bonchev–Trinajstić information content (AvgIpc) is 2.99. The lowest BCUT2D eigenvalue weighted by atomic mass is 10.1. The first-order chi connectivity index (χ1) is 7.52. The van der Waals surface area contributed by atoms with E-state index in [9.17, 15) is 13.2 Å². The van der Waals surface area contributed by atoms with E-state index in [1.807, 2.05) is 0 Å². The molecule has 0 saturated heterocycles. The lowest BCUT2D eigenvalue weighted by Crippen LogP contribution is -2.14. The Kier molecular flexibility index (Phi) is 2.80. The molecule has 16 heavy (non-hydrogen) atoms. The van der Waals surface area contributed by atoms with Crippen molar-refractivity contribution in [3.8, 4) is 5.75 Å². The van der Waals surface area contributed by atoms with Crippen molar-refractivity contribution in [2.75, 3.05) is 0 Å². The summed E-state index contributed by atoms with van der Waals surface area (Å²) in [5, 5.41) is 0. The highest BCUT2D eigenvalue weighted by molar-refractivity contribution is 5.42. The minimum Gasteiger partial charge on any atom is -0.490 e. The predicted octanol–water partition coefficient (Wildman–Crippen LogP) is 2.71. The Labute approximate surface area is 91.2 Å². The number of ether oxygens (including phenoxy) is 1. The zero-order valence-corrected chi connectivity index (χ0v) is 8.55. The molecule has 0 heterocycles. The number of nitrogens with two attached hydrogens (primary N) is 1. The van der Waals surface area contributed by atoms with Gasteiger partial charge in [-0.05, 0) is 24.5 Å². The molecule has 88 valence electrons. The van der Waals surface area contributed by atoms with Gasteiger partial charge in [-0.15, -0.1) is 0 Å². The third kappa shape index (κ3) is 2.29. The molecule has 0 atom stereocenters. The Bertz CT molecular complexity index is 385. The van der Waals surface area contributed by atoms with E-state index in [0.29, 0.717) is 0 Å². The molecule has 0 unspecified atom stereocenters. The quantitative estimate of drug-likeness (QED) is 0.868. The molecule has 0 aromatic heterocycles. The molecule has 0 amide bonds. The van der Waals surface area contributed by atoms with Gasteiger partial charge in [0.15, 0.2) is 0 Å². The number of hydrogen-bond acceptors (Lipinski definition) is 2. The normalized spacial score (nSPS) is 16.2. The molecule has 0 aliphatic heterocycles. The van der Waals surface area contributed by atoms with Gasteiger partial charge in [-0.3, -0.25) is 0 Å². The number of rotatable bonds is 3. The van der Waals surface area contributed by atoms with Gasteiger partial charge < -0.3 is 10.5 Å². The van der Waals surface area contributed by atoms with Crippen molar-refractivity contribution in [1.82, 2.24) is 0 Å². The summed E-state index contributed by atoms with van der Waals surface area (Å²) in [6.45, 7) is -0.142. The topological polar surface area (TPSA) is 35.2 Å². The van der Waals surface area contributed by atoms with E-state index in [-0.39, 0.29) is 24.0 Å². The molecule has 1 aliphatic carbocycles. The molecule has 5 heteroatoms. The molecule has 0 bridgehead atoms. The zero-order chi connectivity index (χ0) is 11.8. The zero-order valence-electron chi connectivity index (χ0n) is 8.55. The van der Waals surface area contributed by atoms with Crippen LogP contribution in [0.5, 0.6) is 5.75 Å². The molecule has 1 fully saturated rings. The van der Waals surface area contributed by atoms with Crippen molar-refractivity contribution in [2.24, 2.45) is 5.73 Å². The summed E-state index contributed by atoms with van der Waals surface area (Å²) in [5.41, 5.74) is 4.65. The first-order valence-electron chi connectivity index (χ1n) is 5.08. The highest BCUT2D eigenvalue weighted by atomic mass is 19.4. The van der Waals surface area contributed by atoms with E-state index >= 15 is 0 Å². The lowest BCUT2D eigenvalue weighted by Gasteiger charge is -2.16. The van der Waals surface area contributed by atoms with Crippen LogP contribution in [0.3, 0.4) is 0 Å². The second-order valence-electron chi connectivity index (χ2n) is 3.81. The van der Waals surface area contributed by atoms with E-state index in [4.69, 9.17) is 10.5 Å². The van der Waals surface area contributed by atoms with Crippen molar-refractivity contribution in [3.63, 3.8) is 0 Å². The molecule has 2 rings (SSSR count). The summed E-state index contributed by atoms with van der Waals surface area (Å²) in [5.74, 6) is -0.0991. The Balaban J connectivity index is 2.41. The maximum atomic E-state index is 12.8. The fourth-order valence-electron chi connectivity index (χ4n) is 1.53. The molecule has 1 saturated carbocycles. The Hall–Kier alpha value is -1.23. The first-order valence-corrected chi connectivity index (χ1v) is 5.08. The Morgan fingerprint density at radius 1 is 1.31 bits per heavy atom. The van der Waals surface area contributed by atoms with Gasteiger partial charge in [-0.1, -0.05) is 12.1 Å². The standard InChI is InChI=1S/C11H12F3NO/c12-11(13,14)10-7(6-15)2-1-3-9(10)16-8-4-5-8/h1-3,8H,4-6,15H2. The van der Waals surface area contributed by atoms with Gasteiger partial charge >= 0.3 is 6.18 Å². The van der Waals surface area contributed by atoms with Gasteiger partial charge in [-0.2, -0.15) is 13.2 Å². The number of hydrogen-bond donors (Lipinski definition) is 1. The van der Waals surface area contributed by atoms with E-state index in [2.05, 4.69) is 0 Å². The van der Waals surface area contributed by atoms with Gasteiger partial charge in [0.25, 0.3) is 0 Å². The molecule has 0 radical (unpaired) electrons. The number of benzene rings is 1. The second kappa shape index (κ2) is 3.97. The van der Waals surface area contributed by atoms with Crippen LogP contribution in [-0.4, -0.2) is 6.10 Å². The van der Waals surface area contributed by atoms with Gasteiger partial charge in [-0.25, -0.2) is 0 Å². The fourth-order valence-corrected chi connectivity index (χ4v) is 1.53. The number of halogens is 3. The van der Waals surface area contributed by atoms with E-state index in [0.717, 1.165) is 12.8 Å². The summed E-state index contributed by atoms with van der Waals surface area (Å²) in [6.07, 6.45) is -2.83. The van der Waals surface area contributed by atoms with Gasteiger partial charge in [0, 0.05) is 6.54 Å². The predicted molar refractivity (Wildman–Crippen MR) is 53.0 cm³/mol. The van der Waals surface area contributed by atoms with Crippen LogP contribution in [0.15, 0.2) is 18.2 Å². The minimum absolute atomic E-state index is 0.0610. The van der Waals surface area contributed by atoms with Gasteiger partial charge in [0.05, 0.1) is 6.10 Å². The van der Waals surface area contributed by atoms with Crippen molar-refractivity contribution >= 4 is 0 Å². The highest BCUT2D eigenvalue weighted by Crippen LogP contribution is 2.40. The van der Waals surface area contributed by atoms with Crippen LogP contribution in [0.2, 0.25) is 0 Å². The third-order valence-corrected chi connectivity index (χ3v) is 2.43. The second-order valence-corrected chi connectivity index (χ2v) is 3.81. The van der Waals surface area contributed by atoms with Crippen LogP contribution in [-0.2, 0) is 12.7 Å². The largest absolute Gasteiger partial charge is 0.490 e. The van der Waals surface area contributed by atoms with Gasteiger partial charge in [0.2, 0.25) is 0 Å². The lowest BCUT2D eigenvalue weighted by molar-refractivity contribution is -0.139. The Morgan fingerprint density at radius 3 is 2.50 bits per heavy atom. The van der Waals surface area contributed by atoms with Crippen LogP contribution in [0.25, 0.3) is 0 Å². The van der Waals surface area contributed by atoms with Crippen molar-refractivity contribution < 1.29 is 17.9 Å². The molecule has 0 spiro atoms. The van der Waals surface area contributed by atoms with Crippen LogP contribution in [0.4, 0.5) is 13.2 Å². The average molecular weight is 231 g/mol. The van der Waals surface area contributed by atoms with Crippen LogP contribution < -0.4 is 10.5 Å². The maximum absolute atomic E-state index is 12.8. The van der Waals surface area contributed by atoms with Crippen molar-refractivity contribution in [2.45, 2.75) is 31.7 Å². The van der Waals surface area contributed by atoms with E-state index in [1.54, 1.807) is 0 Å². The maximum Gasteiger partial charge on any atom is 0.420 e. The molecular weight excluding hydrogens is 219 g/mol. The molecule has 2 nitrogen and oxygen atoms in total. The van der Waals surface area contributed by atoms with Crippen molar-refractivity contribution in [3.05, 3.63) is 29.3 Å². The summed E-state index contributed by atoms with van der Waals surface area (Å²) < 4.78 is 43.7. The monoisotopic (exact) mass is 231 g/mol. The van der Waals surface area contributed by atoms with Crippen LogP contribution in [0.1, 0.15) is 24.0 Å². The minimum atomic E-state index is -4.42. The molecule has 1 aromatic rings. The van der Waals surface area contributed by atoms with E-state index < -0.39 is 11.7 Å².